The van der Waals surface area contributed by atoms with Crippen molar-refractivity contribution in [1.82, 2.24) is 0 Å². The molecule has 4 aliphatic rings. The van der Waals surface area contributed by atoms with Crippen molar-refractivity contribution >= 4 is 5.97 Å². The minimum Gasteiger partial charge on any atom is -0.550 e. The fourth-order valence-electron chi connectivity index (χ4n) is 8.80. The number of carbonyl (C=O) groups excluding carboxylic acids is 1. The van der Waals surface area contributed by atoms with E-state index in [0.717, 1.165) is 32.1 Å². The van der Waals surface area contributed by atoms with Gasteiger partial charge in [0.25, 0.3) is 0 Å². The molecule has 0 aliphatic heterocycles. The predicted molar refractivity (Wildman–Crippen MR) is 106 cm³/mol. The molecule has 29 heavy (non-hydrogen) atoms. The van der Waals surface area contributed by atoms with Crippen molar-refractivity contribution in [3.05, 3.63) is 0 Å². The van der Waals surface area contributed by atoms with E-state index in [1.54, 1.807) is 0 Å². The van der Waals surface area contributed by atoms with E-state index in [0.29, 0.717) is 29.6 Å². The molecule has 0 spiro atoms. The summed E-state index contributed by atoms with van der Waals surface area (Å²) in [6.45, 7) is 7.11. The maximum Gasteiger partial charge on any atom is 1.00 e. The normalized spacial score (nSPS) is 49.9. The molecule has 0 aromatic carbocycles. The van der Waals surface area contributed by atoms with Crippen LogP contribution in [-0.2, 0) is 4.79 Å². The molecule has 4 rings (SSSR count). The Balaban J connectivity index is 0.00000240. The summed E-state index contributed by atoms with van der Waals surface area (Å²) in [5.41, 5.74) is 0.450. The summed E-state index contributed by atoms with van der Waals surface area (Å²) in [4.78, 5) is 10.9. The predicted octanol–water partition coefficient (Wildman–Crippen LogP) is 0.147. The van der Waals surface area contributed by atoms with Gasteiger partial charge in [0.2, 0.25) is 0 Å². The zero-order chi connectivity index (χ0) is 20.3. The third-order valence-electron chi connectivity index (χ3n) is 10.2. The summed E-state index contributed by atoms with van der Waals surface area (Å²) in [7, 11) is 0. The molecule has 0 aromatic heterocycles. The quantitative estimate of drug-likeness (QED) is 0.642. The molecule has 10 atom stereocenters. The van der Waals surface area contributed by atoms with Gasteiger partial charge >= 0.3 is 29.6 Å². The average Bonchev–Trinajstić information content (AvgIpc) is 2.99. The number of aliphatic carboxylic acids is 1. The number of aliphatic hydroxyl groups excluding tert-OH is 2. The molecule has 4 nitrogen and oxygen atoms in total. The van der Waals surface area contributed by atoms with E-state index in [2.05, 4.69) is 20.8 Å². The number of carboxylic acids is 1. The first-order valence-electron chi connectivity index (χ1n) is 11.7. The van der Waals surface area contributed by atoms with Gasteiger partial charge in [-0.2, -0.15) is 0 Å². The maximum absolute atomic E-state index is 11.1. The molecule has 0 amide bonds. The molecule has 160 valence electrons. The monoisotopic (exact) mass is 414 g/mol. The Labute approximate surface area is 198 Å². The molecule has 0 aromatic rings. The van der Waals surface area contributed by atoms with Crippen LogP contribution in [0.3, 0.4) is 0 Å². The van der Waals surface area contributed by atoms with Crippen LogP contribution in [0.25, 0.3) is 0 Å². The van der Waals surface area contributed by atoms with Gasteiger partial charge in [0, 0.05) is 5.97 Å². The molecule has 5 heteroatoms. The molecular formula is C24H39NaO4. The van der Waals surface area contributed by atoms with Crippen LogP contribution in [0, 0.1) is 46.3 Å². The van der Waals surface area contributed by atoms with Crippen LogP contribution in [0.4, 0.5) is 0 Å². The first kappa shape index (κ1) is 24.0. The van der Waals surface area contributed by atoms with Gasteiger partial charge < -0.3 is 20.1 Å². The number of aliphatic hydroxyl groups is 2. The van der Waals surface area contributed by atoms with Crippen LogP contribution in [-0.4, -0.2) is 28.4 Å². The fraction of sp³-hybridized carbons (Fsp3) is 0.958. The van der Waals surface area contributed by atoms with Gasteiger partial charge in [0.15, 0.2) is 0 Å². The van der Waals surface area contributed by atoms with Crippen LogP contribution in [0.2, 0.25) is 0 Å². The molecule has 2 unspecified atom stereocenters. The van der Waals surface area contributed by atoms with Crippen LogP contribution >= 0.6 is 0 Å². The minimum atomic E-state index is -0.927. The van der Waals surface area contributed by atoms with Gasteiger partial charge in [-0.3, -0.25) is 0 Å². The Morgan fingerprint density at radius 1 is 1.00 bits per heavy atom. The van der Waals surface area contributed by atoms with Crippen molar-refractivity contribution in [3.63, 3.8) is 0 Å². The number of carboxylic acid groups (broad SMARTS) is 1. The second-order valence-electron chi connectivity index (χ2n) is 11.3. The zero-order valence-corrected chi connectivity index (χ0v) is 20.9. The summed E-state index contributed by atoms with van der Waals surface area (Å²) in [6, 6.07) is 0. The number of rotatable bonds is 4. The molecule has 4 aliphatic carbocycles. The van der Waals surface area contributed by atoms with Crippen LogP contribution in [0.5, 0.6) is 0 Å². The number of hydrogen-bond acceptors (Lipinski definition) is 4. The maximum atomic E-state index is 11.1. The minimum absolute atomic E-state index is 0. The zero-order valence-electron chi connectivity index (χ0n) is 18.9. The Bertz CT molecular complexity index is 612. The van der Waals surface area contributed by atoms with E-state index < -0.39 is 5.97 Å². The Morgan fingerprint density at radius 3 is 2.34 bits per heavy atom. The topological polar surface area (TPSA) is 80.6 Å². The molecular weight excluding hydrogens is 375 g/mol. The molecule has 0 radical (unpaired) electrons. The van der Waals surface area contributed by atoms with E-state index >= 15 is 0 Å². The van der Waals surface area contributed by atoms with Crippen molar-refractivity contribution in [2.75, 3.05) is 0 Å². The third-order valence-corrected chi connectivity index (χ3v) is 10.2. The summed E-state index contributed by atoms with van der Waals surface area (Å²) in [6.07, 6.45) is 8.88. The Kier molecular flexibility index (Phi) is 7.24. The summed E-state index contributed by atoms with van der Waals surface area (Å²) >= 11 is 0. The van der Waals surface area contributed by atoms with Crippen LogP contribution in [0.1, 0.15) is 85.0 Å². The molecule has 0 bridgehead atoms. The first-order chi connectivity index (χ1) is 13.2. The van der Waals surface area contributed by atoms with Crippen molar-refractivity contribution < 1.29 is 49.7 Å². The first-order valence-corrected chi connectivity index (χ1v) is 11.7. The number of fused-ring (bicyclic) bond motifs is 5. The summed E-state index contributed by atoms with van der Waals surface area (Å²) in [5, 5.41) is 32.2. The van der Waals surface area contributed by atoms with Gasteiger partial charge in [-0.05, 0) is 111 Å². The van der Waals surface area contributed by atoms with Crippen molar-refractivity contribution in [2.45, 2.75) is 97.2 Å². The van der Waals surface area contributed by atoms with Gasteiger partial charge in [-0.25, -0.2) is 0 Å². The van der Waals surface area contributed by atoms with Crippen molar-refractivity contribution in [2.24, 2.45) is 46.3 Å². The fourth-order valence-corrected chi connectivity index (χ4v) is 8.80. The van der Waals surface area contributed by atoms with Gasteiger partial charge in [0.1, 0.15) is 0 Å². The second kappa shape index (κ2) is 8.73. The molecule has 4 saturated carbocycles. The Hall–Kier alpha value is 0.390. The molecule has 2 N–H and O–H groups in total. The van der Waals surface area contributed by atoms with Crippen molar-refractivity contribution in [1.29, 1.82) is 0 Å². The SMILES string of the molecule is C[C@H](CCC(=O)[O-])[C@H]1CC[C@H]2[C@@H]3C[C@H](O)[C@@H]4C[C@H](O)CCC4(C)[C@H]3CCC12C.[Na+]. The van der Waals surface area contributed by atoms with Crippen LogP contribution in [0.15, 0.2) is 0 Å². The van der Waals surface area contributed by atoms with E-state index in [-0.39, 0.29) is 64.9 Å². The third kappa shape index (κ3) is 3.99. The van der Waals surface area contributed by atoms with E-state index in [9.17, 15) is 20.1 Å². The van der Waals surface area contributed by atoms with Gasteiger partial charge in [0.05, 0.1) is 12.2 Å². The molecule has 4 fully saturated rings. The molecule has 0 saturated heterocycles. The number of hydrogen-bond donors (Lipinski definition) is 2. The summed E-state index contributed by atoms with van der Waals surface area (Å²) in [5.74, 6) is 2.25. The van der Waals surface area contributed by atoms with Gasteiger partial charge in [-0.1, -0.05) is 20.8 Å². The second-order valence-corrected chi connectivity index (χ2v) is 11.3. The average molecular weight is 415 g/mol. The van der Waals surface area contributed by atoms with Crippen molar-refractivity contribution in [3.8, 4) is 0 Å². The van der Waals surface area contributed by atoms with Crippen LogP contribution < -0.4 is 34.7 Å². The molecule has 0 heterocycles. The standard InChI is InChI=1S/C24H40O4.Na/c1-14(4-7-22(27)28)17-5-6-18-16-13-21(26)20-12-15(25)8-10-24(20,3)19(16)9-11-23(17,18)2;/h14-21,25-26H,4-13H2,1-3H3,(H,27,28);/q;+1/p-1/t14-,15-,16+,17-,18+,19+,20+,21+,23?,24?;/m1./s1. The van der Waals surface area contributed by atoms with E-state index in [1.165, 1.54) is 25.7 Å². The van der Waals surface area contributed by atoms with E-state index in [1.807, 2.05) is 0 Å². The summed E-state index contributed by atoms with van der Waals surface area (Å²) < 4.78 is 0. The number of carbonyl (C=O) groups is 1. The smallest absolute Gasteiger partial charge is 0.550 e. The van der Waals surface area contributed by atoms with Gasteiger partial charge in [-0.15, -0.1) is 0 Å². The Morgan fingerprint density at radius 2 is 1.66 bits per heavy atom. The van der Waals surface area contributed by atoms with E-state index in [4.69, 9.17) is 0 Å². The largest absolute Gasteiger partial charge is 1.00 e.